The summed E-state index contributed by atoms with van der Waals surface area (Å²) in [4.78, 5) is 0. The molecule has 0 aliphatic heterocycles. The van der Waals surface area contributed by atoms with Crippen molar-refractivity contribution >= 4 is 53.9 Å². The predicted octanol–water partition coefficient (Wildman–Crippen LogP) is 13.1. The molecule has 9 aromatic rings. The topological polar surface area (TPSA) is 0 Å². The molecule has 0 spiro atoms. The van der Waals surface area contributed by atoms with Gasteiger partial charge in [-0.3, -0.25) is 0 Å². The van der Waals surface area contributed by atoms with Gasteiger partial charge < -0.3 is 0 Å². The van der Waals surface area contributed by atoms with E-state index in [1.807, 2.05) is 0 Å². The van der Waals surface area contributed by atoms with Crippen LogP contribution in [0.2, 0.25) is 0 Å². The Kier molecular flexibility index (Phi) is 5.44. The molecule has 0 saturated heterocycles. The molecule has 0 unspecified atom stereocenters. The third-order valence-electron chi connectivity index (χ3n) is 10.8. The standard InChI is InChI=1S/C47H32/c1-47(2)45-32-17-7-6-14-29(32)24-27-40(45)44-34-19-9-8-18-33(34)41-28-31(25-26-39(41)46(44)47)43-37-22-12-10-20-35(37)42(30-15-4-3-5-16-30)36-21-11-13-23-38(36)43/h3-28H,1-2H3. The van der Waals surface area contributed by atoms with E-state index < -0.39 is 0 Å². The Morgan fingerprint density at radius 2 is 0.830 bits per heavy atom. The lowest BCUT2D eigenvalue weighted by molar-refractivity contribution is 0.672. The Labute approximate surface area is 274 Å². The highest BCUT2D eigenvalue weighted by Gasteiger charge is 2.39. The van der Waals surface area contributed by atoms with Crippen LogP contribution in [-0.2, 0) is 5.41 Å². The number of benzene rings is 9. The monoisotopic (exact) mass is 596 g/mol. The van der Waals surface area contributed by atoms with Gasteiger partial charge in [-0.1, -0.05) is 166 Å². The summed E-state index contributed by atoms with van der Waals surface area (Å²) in [6.45, 7) is 4.85. The minimum Gasteiger partial charge on any atom is -0.0622 e. The molecule has 0 radical (unpaired) electrons. The van der Waals surface area contributed by atoms with E-state index in [0.717, 1.165) is 0 Å². The fraction of sp³-hybridized carbons (Fsp3) is 0.0638. The van der Waals surface area contributed by atoms with E-state index in [9.17, 15) is 0 Å². The molecule has 0 fully saturated rings. The number of hydrogen-bond donors (Lipinski definition) is 0. The van der Waals surface area contributed by atoms with Crippen molar-refractivity contribution in [3.05, 3.63) is 169 Å². The molecule has 9 aromatic carbocycles. The van der Waals surface area contributed by atoms with Gasteiger partial charge in [0.25, 0.3) is 0 Å². The first kappa shape index (κ1) is 26.5. The third-order valence-corrected chi connectivity index (χ3v) is 10.8. The lowest BCUT2D eigenvalue weighted by atomic mass is 9.77. The fourth-order valence-corrected chi connectivity index (χ4v) is 8.91. The SMILES string of the molecule is CC1(C)c2c(ccc3ccccc23)-c2c1c1ccc(-c3c4ccccc4c(-c4ccccc4)c4ccccc34)cc1c1ccccc21. The molecule has 10 rings (SSSR count). The molecule has 0 heterocycles. The van der Waals surface area contributed by atoms with E-state index in [1.165, 1.54) is 98.4 Å². The Hall–Kier alpha value is -5.72. The summed E-state index contributed by atoms with van der Waals surface area (Å²) in [6, 6.07) is 58.6. The van der Waals surface area contributed by atoms with Crippen molar-refractivity contribution in [3.63, 3.8) is 0 Å². The van der Waals surface area contributed by atoms with Crippen LogP contribution in [-0.4, -0.2) is 0 Å². The van der Waals surface area contributed by atoms with Gasteiger partial charge in [-0.25, -0.2) is 0 Å². The molecule has 0 heteroatoms. The van der Waals surface area contributed by atoms with Gasteiger partial charge in [0.1, 0.15) is 0 Å². The summed E-state index contributed by atoms with van der Waals surface area (Å²) in [7, 11) is 0. The lowest BCUT2D eigenvalue weighted by Crippen LogP contribution is -2.16. The molecule has 0 bridgehead atoms. The zero-order valence-corrected chi connectivity index (χ0v) is 26.5. The predicted molar refractivity (Wildman–Crippen MR) is 202 cm³/mol. The Bertz CT molecular complexity index is 2690. The Morgan fingerprint density at radius 3 is 1.47 bits per heavy atom. The molecular weight excluding hydrogens is 565 g/mol. The van der Waals surface area contributed by atoms with Crippen LogP contribution < -0.4 is 0 Å². The molecule has 47 heavy (non-hydrogen) atoms. The summed E-state index contributed by atoms with van der Waals surface area (Å²) < 4.78 is 0. The summed E-state index contributed by atoms with van der Waals surface area (Å²) in [6.07, 6.45) is 0. The van der Waals surface area contributed by atoms with Crippen molar-refractivity contribution in [1.82, 2.24) is 0 Å². The quantitative estimate of drug-likeness (QED) is 0.138. The Morgan fingerprint density at radius 1 is 0.319 bits per heavy atom. The number of rotatable bonds is 2. The highest BCUT2D eigenvalue weighted by molar-refractivity contribution is 6.24. The van der Waals surface area contributed by atoms with Crippen LogP contribution in [0.15, 0.2) is 158 Å². The normalized spacial score (nSPS) is 13.5. The average molecular weight is 597 g/mol. The van der Waals surface area contributed by atoms with Crippen LogP contribution in [0.4, 0.5) is 0 Å². The highest BCUT2D eigenvalue weighted by Crippen LogP contribution is 2.57. The third kappa shape index (κ3) is 3.59. The van der Waals surface area contributed by atoms with Crippen molar-refractivity contribution in [2.75, 3.05) is 0 Å². The minimum atomic E-state index is -0.147. The van der Waals surface area contributed by atoms with E-state index in [4.69, 9.17) is 0 Å². The summed E-state index contributed by atoms with van der Waals surface area (Å²) in [5, 5.41) is 13.1. The van der Waals surface area contributed by atoms with Gasteiger partial charge in [0.2, 0.25) is 0 Å². The molecule has 1 aliphatic rings. The largest absolute Gasteiger partial charge is 0.0622 e. The molecule has 1 aliphatic carbocycles. The van der Waals surface area contributed by atoms with E-state index in [1.54, 1.807) is 0 Å². The van der Waals surface area contributed by atoms with Gasteiger partial charge in [0.15, 0.2) is 0 Å². The molecule has 0 nitrogen and oxygen atoms in total. The van der Waals surface area contributed by atoms with Gasteiger partial charge in [0, 0.05) is 5.41 Å². The van der Waals surface area contributed by atoms with Crippen molar-refractivity contribution in [2.24, 2.45) is 0 Å². The molecule has 0 N–H and O–H groups in total. The first-order valence-corrected chi connectivity index (χ1v) is 16.6. The van der Waals surface area contributed by atoms with Crippen molar-refractivity contribution < 1.29 is 0 Å². The van der Waals surface area contributed by atoms with Crippen LogP contribution in [0, 0.1) is 0 Å². The second-order valence-corrected chi connectivity index (χ2v) is 13.6. The first-order chi connectivity index (χ1) is 23.1. The number of hydrogen-bond acceptors (Lipinski definition) is 0. The Balaban J connectivity index is 1.32. The van der Waals surface area contributed by atoms with Crippen molar-refractivity contribution in [2.45, 2.75) is 19.3 Å². The van der Waals surface area contributed by atoms with Crippen LogP contribution in [0.25, 0.3) is 87.2 Å². The zero-order valence-electron chi connectivity index (χ0n) is 26.5. The molecular formula is C47H32. The van der Waals surface area contributed by atoms with Crippen molar-refractivity contribution in [3.8, 4) is 33.4 Å². The summed E-state index contributed by atoms with van der Waals surface area (Å²) >= 11 is 0. The van der Waals surface area contributed by atoms with E-state index in [-0.39, 0.29) is 5.41 Å². The van der Waals surface area contributed by atoms with Gasteiger partial charge in [-0.2, -0.15) is 0 Å². The lowest BCUT2D eigenvalue weighted by Gasteiger charge is -2.25. The zero-order chi connectivity index (χ0) is 31.3. The van der Waals surface area contributed by atoms with Gasteiger partial charge >= 0.3 is 0 Å². The average Bonchev–Trinajstić information content (AvgIpc) is 3.38. The van der Waals surface area contributed by atoms with Gasteiger partial charge in [-0.05, 0) is 104 Å². The summed E-state index contributed by atoms with van der Waals surface area (Å²) in [5.41, 5.74) is 10.6. The first-order valence-electron chi connectivity index (χ1n) is 16.6. The molecule has 0 aromatic heterocycles. The molecule has 0 atom stereocenters. The maximum Gasteiger partial charge on any atom is 0.0171 e. The van der Waals surface area contributed by atoms with Crippen LogP contribution in [0.5, 0.6) is 0 Å². The van der Waals surface area contributed by atoms with E-state index >= 15 is 0 Å². The van der Waals surface area contributed by atoms with Crippen LogP contribution >= 0.6 is 0 Å². The van der Waals surface area contributed by atoms with E-state index in [0.29, 0.717) is 0 Å². The second kappa shape index (κ2) is 9.64. The van der Waals surface area contributed by atoms with Crippen LogP contribution in [0.3, 0.4) is 0 Å². The number of fused-ring (bicyclic) bond motifs is 12. The van der Waals surface area contributed by atoms with Crippen LogP contribution in [0.1, 0.15) is 25.0 Å². The summed E-state index contributed by atoms with van der Waals surface area (Å²) in [5.74, 6) is 0. The second-order valence-electron chi connectivity index (χ2n) is 13.6. The van der Waals surface area contributed by atoms with Gasteiger partial charge in [0.05, 0.1) is 0 Å². The molecule has 0 saturated carbocycles. The highest BCUT2D eigenvalue weighted by atomic mass is 14.4. The minimum absolute atomic E-state index is 0.147. The smallest absolute Gasteiger partial charge is 0.0171 e. The van der Waals surface area contributed by atoms with Gasteiger partial charge in [-0.15, -0.1) is 0 Å². The fourth-order valence-electron chi connectivity index (χ4n) is 8.91. The molecule has 220 valence electrons. The van der Waals surface area contributed by atoms with Crippen molar-refractivity contribution in [1.29, 1.82) is 0 Å². The maximum atomic E-state index is 2.48. The molecule has 0 amide bonds. The maximum absolute atomic E-state index is 2.48. The van der Waals surface area contributed by atoms with E-state index in [2.05, 4.69) is 172 Å².